The maximum atomic E-state index is 12.1. The predicted octanol–water partition coefficient (Wildman–Crippen LogP) is 1.25. The first-order valence-corrected chi connectivity index (χ1v) is 6.38. The average Bonchev–Trinajstić information content (AvgIpc) is 2.65. The van der Waals surface area contributed by atoms with Crippen LogP contribution < -0.4 is 5.73 Å². The van der Waals surface area contributed by atoms with Crippen LogP contribution in [0.5, 0.6) is 0 Å². The Balaban J connectivity index is 2.45. The zero-order valence-electron chi connectivity index (χ0n) is 10.3. The number of aryl methyl sites for hydroxylation is 1. The summed E-state index contributed by atoms with van der Waals surface area (Å²) in [5.41, 5.74) is 7.35. The first-order chi connectivity index (χ1) is 8.54. The maximum Gasteiger partial charge on any atom is 0.265 e. The number of hydrogen-bond acceptors (Lipinski definition) is 5. The van der Waals surface area contributed by atoms with E-state index in [4.69, 9.17) is 10.8 Å². The highest BCUT2D eigenvalue weighted by Crippen LogP contribution is 2.33. The fraction of sp³-hybridized carbons (Fsp3) is 0.333. The quantitative estimate of drug-likeness (QED) is 0.875. The molecule has 1 amide bonds. The summed E-state index contributed by atoms with van der Waals surface area (Å²) < 4.78 is 0. The topological polar surface area (TPSA) is 79.5 Å². The maximum absolute atomic E-state index is 12.1. The number of thiophene rings is 1. The van der Waals surface area contributed by atoms with Crippen LogP contribution in [-0.4, -0.2) is 41.1 Å². The zero-order chi connectivity index (χ0) is 13.3. The van der Waals surface area contributed by atoms with Crippen molar-refractivity contribution in [1.82, 2.24) is 9.88 Å². The minimum atomic E-state index is -0.179. The minimum absolute atomic E-state index is 0.0651. The molecule has 0 aliphatic heterocycles. The van der Waals surface area contributed by atoms with Crippen LogP contribution in [-0.2, 0) is 0 Å². The molecule has 0 saturated heterocycles. The van der Waals surface area contributed by atoms with Crippen molar-refractivity contribution in [3.63, 3.8) is 0 Å². The van der Waals surface area contributed by atoms with Crippen molar-refractivity contribution in [1.29, 1.82) is 0 Å². The van der Waals surface area contributed by atoms with Crippen LogP contribution in [0, 0.1) is 6.92 Å². The first-order valence-electron chi connectivity index (χ1n) is 5.56. The molecule has 0 spiro atoms. The molecule has 2 aromatic heterocycles. The molecule has 96 valence electrons. The fourth-order valence-corrected chi connectivity index (χ4v) is 2.81. The van der Waals surface area contributed by atoms with Crippen LogP contribution in [0.15, 0.2) is 12.1 Å². The van der Waals surface area contributed by atoms with Gasteiger partial charge in [0, 0.05) is 24.7 Å². The highest BCUT2D eigenvalue weighted by molar-refractivity contribution is 7.21. The Hall–Kier alpha value is -1.66. The summed E-state index contributed by atoms with van der Waals surface area (Å²) in [5, 5.41) is 9.66. The molecule has 5 nitrogen and oxygen atoms in total. The summed E-state index contributed by atoms with van der Waals surface area (Å²) in [6, 6.07) is 3.75. The van der Waals surface area contributed by atoms with E-state index in [9.17, 15) is 4.79 Å². The summed E-state index contributed by atoms with van der Waals surface area (Å²) >= 11 is 1.29. The summed E-state index contributed by atoms with van der Waals surface area (Å²) in [4.78, 5) is 19.2. The largest absolute Gasteiger partial charge is 0.397 e. The number of aliphatic hydroxyl groups is 1. The van der Waals surface area contributed by atoms with Crippen LogP contribution in [0.1, 0.15) is 15.4 Å². The van der Waals surface area contributed by atoms with Gasteiger partial charge in [-0.1, -0.05) is 0 Å². The van der Waals surface area contributed by atoms with Crippen molar-refractivity contribution in [2.75, 3.05) is 25.9 Å². The SMILES string of the molecule is Cc1ccc2c(N)c(C(=O)N(C)CCO)sc2n1. The number of nitrogen functional groups attached to an aromatic ring is 1. The molecule has 18 heavy (non-hydrogen) atoms. The number of aliphatic hydroxyl groups excluding tert-OH is 1. The van der Waals surface area contributed by atoms with Crippen LogP contribution in [0.2, 0.25) is 0 Å². The predicted molar refractivity (Wildman–Crippen MR) is 72.8 cm³/mol. The number of nitrogens with zero attached hydrogens (tertiary/aromatic N) is 2. The number of aromatic nitrogens is 1. The van der Waals surface area contributed by atoms with Crippen LogP contribution in [0.25, 0.3) is 10.2 Å². The van der Waals surface area contributed by atoms with Gasteiger partial charge in [0.05, 0.1) is 12.3 Å². The molecule has 0 saturated carbocycles. The third-order valence-corrected chi connectivity index (χ3v) is 3.81. The van der Waals surface area contributed by atoms with Gasteiger partial charge in [0.2, 0.25) is 0 Å². The van der Waals surface area contributed by atoms with Gasteiger partial charge in [0.25, 0.3) is 5.91 Å². The van der Waals surface area contributed by atoms with Crippen LogP contribution in [0.4, 0.5) is 5.69 Å². The van der Waals surface area contributed by atoms with E-state index < -0.39 is 0 Å². The van der Waals surface area contributed by atoms with Crippen molar-refractivity contribution in [2.24, 2.45) is 0 Å². The highest BCUT2D eigenvalue weighted by Gasteiger charge is 2.19. The Morgan fingerprint density at radius 1 is 1.56 bits per heavy atom. The molecule has 0 fully saturated rings. The van der Waals surface area contributed by atoms with Gasteiger partial charge in [-0.15, -0.1) is 11.3 Å². The number of carbonyl (C=O) groups excluding carboxylic acids is 1. The lowest BCUT2D eigenvalue weighted by Crippen LogP contribution is -2.29. The van der Waals surface area contributed by atoms with Gasteiger partial charge in [-0.2, -0.15) is 0 Å². The molecule has 2 rings (SSSR count). The van der Waals surface area contributed by atoms with Gasteiger partial charge in [-0.05, 0) is 19.1 Å². The summed E-state index contributed by atoms with van der Waals surface area (Å²) in [5.74, 6) is -0.179. The Labute approximate surface area is 109 Å². The minimum Gasteiger partial charge on any atom is -0.397 e. The summed E-state index contributed by atoms with van der Waals surface area (Å²) in [6.07, 6.45) is 0. The van der Waals surface area contributed by atoms with Gasteiger partial charge >= 0.3 is 0 Å². The van der Waals surface area contributed by atoms with Crippen LogP contribution >= 0.6 is 11.3 Å². The second-order valence-corrected chi connectivity index (χ2v) is 5.10. The number of fused-ring (bicyclic) bond motifs is 1. The van der Waals surface area contributed by atoms with Gasteiger partial charge in [-0.3, -0.25) is 4.79 Å². The third-order valence-electron chi connectivity index (χ3n) is 2.71. The average molecular weight is 265 g/mol. The number of amides is 1. The number of anilines is 1. The van der Waals surface area contributed by atoms with Gasteiger partial charge in [-0.25, -0.2) is 4.98 Å². The van der Waals surface area contributed by atoms with Crippen molar-refractivity contribution in [2.45, 2.75) is 6.92 Å². The first kappa shape index (κ1) is 12.8. The summed E-state index contributed by atoms with van der Waals surface area (Å²) in [6.45, 7) is 2.12. The smallest absolute Gasteiger partial charge is 0.265 e. The van der Waals surface area contributed by atoms with Crippen molar-refractivity contribution < 1.29 is 9.90 Å². The number of carbonyl (C=O) groups is 1. The molecular weight excluding hydrogens is 250 g/mol. The zero-order valence-corrected chi connectivity index (χ0v) is 11.1. The van der Waals surface area contributed by atoms with Crippen molar-refractivity contribution in [3.05, 3.63) is 22.7 Å². The molecule has 0 radical (unpaired) electrons. The van der Waals surface area contributed by atoms with E-state index in [1.807, 2.05) is 19.1 Å². The number of likely N-dealkylation sites (N-methyl/N-ethyl adjacent to an activating group) is 1. The molecule has 2 heterocycles. The lowest BCUT2D eigenvalue weighted by Gasteiger charge is -2.14. The molecule has 0 aliphatic rings. The normalized spacial score (nSPS) is 10.8. The summed E-state index contributed by atoms with van der Waals surface area (Å²) in [7, 11) is 1.64. The monoisotopic (exact) mass is 265 g/mol. The molecule has 0 aromatic carbocycles. The molecule has 0 bridgehead atoms. The molecule has 0 unspecified atom stereocenters. The van der Waals surface area contributed by atoms with E-state index in [0.29, 0.717) is 17.1 Å². The Morgan fingerprint density at radius 2 is 2.28 bits per heavy atom. The number of pyridine rings is 1. The third kappa shape index (κ3) is 2.16. The Morgan fingerprint density at radius 3 is 2.94 bits per heavy atom. The van der Waals surface area contributed by atoms with Gasteiger partial charge < -0.3 is 15.7 Å². The van der Waals surface area contributed by atoms with E-state index in [-0.39, 0.29) is 12.5 Å². The van der Waals surface area contributed by atoms with Crippen molar-refractivity contribution in [3.8, 4) is 0 Å². The van der Waals surface area contributed by atoms with E-state index in [0.717, 1.165) is 15.9 Å². The lowest BCUT2D eigenvalue weighted by atomic mass is 10.2. The number of rotatable bonds is 3. The van der Waals surface area contributed by atoms with E-state index in [2.05, 4.69) is 4.98 Å². The highest BCUT2D eigenvalue weighted by atomic mass is 32.1. The number of nitrogens with two attached hydrogens (primary N) is 1. The second kappa shape index (κ2) is 4.91. The molecule has 0 atom stereocenters. The lowest BCUT2D eigenvalue weighted by molar-refractivity contribution is 0.0772. The van der Waals surface area contributed by atoms with Gasteiger partial charge in [0.1, 0.15) is 9.71 Å². The van der Waals surface area contributed by atoms with Crippen LogP contribution in [0.3, 0.4) is 0 Å². The van der Waals surface area contributed by atoms with Crippen molar-refractivity contribution >= 4 is 33.1 Å². The van der Waals surface area contributed by atoms with E-state index >= 15 is 0 Å². The molecule has 3 N–H and O–H groups in total. The molecule has 0 aliphatic carbocycles. The van der Waals surface area contributed by atoms with E-state index in [1.54, 1.807) is 7.05 Å². The Kier molecular flexibility index (Phi) is 3.49. The molecule has 2 aromatic rings. The fourth-order valence-electron chi connectivity index (χ4n) is 1.67. The standard InChI is InChI=1S/C12H15N3O2S/c1-7-3-4-8-9(13)10(18-11(8)14-7)12(17)15(2)5-6-16/h3-4,16H,5-6,13H2,1-2H3. The Bertz CT molecular complexity index is 594. The molecule has 6 heteroatoms. The number of hydrogen-bond donors (Lipinski definition) is 2. The van der Waals surface area contributed by atoms with E-state index in [1.165, 1.54) is 16.2 Å². The second-order valence-electron chi connectivity index (χ2n) is 4.10. The van der Waals surface area contributed by atoms with Gasteiger partial charge in [0.15, 0.2) is 0 Å². The molecular formula is C12H15N3O2S.